The van der Waals surface area contributed by atoms with Crippen LogP contribution in [0.25, 0.3) is 21.3 Å². The number of aryl methyl sites for hydroxylation is 2. The molecule has 1 N–H and O–H groups in total. The number of aromatic nitrogens is 4. The molecule has 0 spiro atoms. The van der Waals surface area contributed by atoms with Gasteiger partial charge in [0.25, 0.3) is 5.56 Å². The van der Waals surface area contributed by atoms with E-state index in [1.165, 1.54) is 39.1 Å². The van der Waals surface area contributed by atoms with E-state index in [1.807, 2.05) is 38.3 Å². The van der Waals surface area contributed by atoms with Gasteiger partial charge >= 0.3 is 0 Å². The van der Waals surface area contributed by atoms with Gasteiger partial charge in [0, 0.05) is 17.4 Å². The number of anilines is 1. The maximum absolute atomic E-state index is 13.6. The number of amides is 1. The lowest BCUT2D eigenvalue weighted by atomic mass is 9.99. The molecule has 172 valence electrons. The number of carbonyl (C=O) groups excluding carboxylic acids is 1. The Balaban J connectivity index is 1.69. The zero-order valence-electron chi connectivity index (χ0n) is 19.4. The van der Waals surface area contributed by atoms with Crippen LogP contribution in [0.15, 0.2) is 34.7 Å². The molecule has 0 saturated carbocycles. The van der Waals surface area contributed by atoms with Gasteiger partial charge in [-0.3, -0.25) is 19.5 Å². The second-order valence-corrected chi connectivity index (χ2v) is 10.5. The summed E-state index contributed by atoms with van der Waals surface area (Å²) in [6, 6.07) is 5.49. The van der Waals surface area contributed by atoms with Crippen LogP contribution in [-0.4, -0.2) is 25.7 Å². The first-order valence-electron chi connectivity index (χ1n) is 11.0. The van der Waals surface area contributed by atoms with Gasteiger partial charge in [0.05, 0.1) is 11.7 Å². The first-order chi connectivity index (χ1) is 15.8. The third-order valence-corrected chi connectivity index (χ3v) is 7.24. The van der Waals surface area contributed by atoms with E-state index in [-0.39, 0.29) is 11.5 Å². The minimum absolute atomic E-state index is 0.212. The average molecular weight is 482 g/mol. The van der Waals surface area contributed by atoms with Gasteiger partial charge in [0.2, 0.25) is 11.0 Å². The predicted molar refractivity (Wildman–Crippen MR) is 135 cm³/mol. The lowest BCUT2D eigenvalue weighted by Gasteiger charge is -2.17. The number of benzene rings is 1. The van der Waals surface area contributed by atoms with Crippen molar-refractivity contribution in [2.45, 2.75) is 53.5 Å². The van der Waals surface area contributed by atoms with Crippen molar-refractivity contribution >= 4 is 43.9 Å². The fourth-order valence-corrected chi connectivity index (χ4v) is 5.77. The lowest BCUT2D eigenvalue weighted by molar-refractivity contribution is -0.119. The van der Waals surface area contributed by atoms with Crippen molar-refractivity contribution in [3.05, 3.63) is 56.4 Å². The van der Waals surface area contributed by atoms with E-state index in [1.54, 1.807) is 0 Å². The number of hydrogen-bond donors (Lipinski definition) is 1. The molecule has 1 unspecified atom stereocenters. The van der Waals surface area contributed by atoms with E-state index < -0.39 is 6.04 Å². The van der Waals surface area contributed by atoms with Crippen LogP contribution in [0.3, 0.4) is 0 Å². The van der Waals surface area contributed by atoms with E-state index in [9.17, 15) is 9.59 Å². The highest BCUT2D eigenvalue weighted by atomic mass is 32.1. The smallest absolute Gasteiger partial charge is 0.263 e. The predicted octanol–water partition coefficient (Wildman–Crippen LogP) is 5.38. The summed E-state index contributed by atoms with van der Waals surface area (Å²) in [7, 11) is 0. The summed E-state index contributed by atoms with van der Waals surface area (Å²) in [5.74, 6) is 0.162. The van der Waals surface area contributed by atoms with E-state index >= 15 is 0 Å². The number of carbonyl (C=O) groups is 1. The number of nitrogens with zero attached hydrogens (tertiary/aromatic N) is 4. The van der Waals surface area contributed by atoms with Crippen molar-refractivity contribution in [3.63, 3.8) is 0 Å². The van der Waals surface area contributed by atoms with Crippen LogP contribution >= 0.6 is 22.7 Å². The zero-order chi connectivity index (χ0) is 23.7. The summed E-state index contributed by atoms with van der Waals surface area (Å²) < 4.78 is 1.44. The highest BCUT2D eigenvalue weighted by Crippen LogP contribution is 2.33. The van der Waals surface area contributed by atoms with Crippen LogP contribution in [0, 0.1) is 19.8 Å². The molecular formula is C24H27N5O2S2. The SMILES string of the molecule is CCC(C(=O)Nc1nnc(CC(C)C)s1)n1cnc2scc(-c3ccc(C)cc3C)c2c1=O. The van der Waals surface area contributed by atoms with Crippen LogP contribution in [0.4, 0.5) is 5.13 Å². The third kappa shape index (κ3) is 4.74. The summed E-state index contributed by atoms with van der Waals surface area (Å²) in [6.07, 6.45) is 2.73. The number of hydrogen-bond acceptors (Lipinski definition) is 7. The molecular weight excluding hydrogens is 454 g/mol. The third-order valence-electron chi connectivity index (χ3n) is 5.50. The van der Waals surface area contributed by atoms with Crippen LogP contribution in [0.2, 0.25) is 0 Å². The summed E-state index contributed by atoms with van der Waals surface area (Å²) in [6.45, 7) is 10.2. The average Bonchev–Trinajstić information content (AvgIpc) is 3.37. The molecule has 0 aliphatic rings. The first-order valence-corrected chi connectivity index (χ1v) is 12.7. The standard InChI is InChI=1S/C24H27N5O2S2/c1-6-18(21(30)26-24-28-27-19(33-24)9-13(2)3)29-12-25-22-20(23(29)31)17(11-32-22)16-8-7-14(4)10-15(16)5/h7-8,10-13,18H,6,9H2,1-5H3,(H,26,28,30). The molecule has 0 radical (unpaired) electrons. The summed E-state index contributed by atoms with van der Waals surface area (Å²) in [5, 5.41) is 14.9. The number of rotatable bonds is 7. The fourth-order valence-electron chi connectivity index (χ4n) is 3.91. The van der Waals surface area contributed by atoms with Crippen LogP contribution < -0.4 is 10.9 Å². The van der Waals surface area contributed by atoms with Crippen molar-refractivity contribution < 1.29 is 4.79 Å². The van der Waals surface area contributed by atoms with Crippen molar-refractivity contribution in [2.75, 3.05) is 5.32 Å². The second kappa shape index (κ2) is 9.52. The van der Waals surface area contributed by atoms with Gasteiger partial charge in [-0.2, -0.15) is 0 Å². The van der Waals surface area contributed by atoms with Gasteiger partial charge in [-0.25, -0.2) is 4.98 Å². The van der Waals surface area contributed by atoms with E-state index in [4.69, 9.17) is 0 Å². The normalized spacial score (nSPS) is 12.4. The Morgan fingerprint density at radius 3 is 2.67 bits per heavy atom. The molecule has 3 heterocycles. The van der Waals surface area contributed by atoms with Crippen molar-refractivity contribution in [2.24, 2.45) is 5.92 Å². The van der Waals surface area contributed by atoms with E-state index in [2.05, 4.69) is 40.4 Å². The molecule has 4 rings (SSSR count). The molecule has 0 aliphatic carbocycles. The maximum Gasteiger partial charge on any atom is 0.263 e. The molecule has 0 fully saturated rings. The number of nitrogens with one attached hydrogen (secondary N) is 1. The molecule has 7 nitrogen and oxygen atoms in total. The zero-order valence-corrected chi connectivity index (χ0v) is 21.0. The van der Waals surface area contributed by atoms with E-state index in [0.717, 1.165) is 28.1 Å². The van der Waals surface area contributed by atoms with Gasteiger partial charge in [-0.1, -0.05) is 55.9 Å². The molecule has 1 amide bonds. The Morgan fingerprint density at radius 1 is 1.18 bits per heavy atom. The number of fused-ring (bicyclic) bond motifs is 1. The van der Waals surface area contributed by atoms with Gasteiger partial charge < -0.3 is 0 Å². The Morgan fingerprint density at radius 2 is 1.97 bits per heavy atom. The first kappa shape index (κ1) is 23.3. The van der Waals surface area contributed by atoms with Gasteiger partial charge in [-0.05, 0) is 37.3 Å². The van der Waals surface area contributed by atoms with Gasteiger partial charge in [0.15, 0.2) is 0 Å². The minimum atomic E-state index is -0.696. The largest absolute Gasteiger partial charge is 0.299 e. The van der Waals surface area contributed by atoms with Crippen molar-refractivity contribution in [1.82, 2.24) is 19.7 Å². The molecule has 0 aliphatic heterocycles. The molecule has 0 saturated heterocycles. The molecule has 1 aromatic carbocycles. The summed E-state index contributed by atoms with van der Waals surface area (Å²) in [5.41, 5.74) is 3.92. The topological polar surface area (TPSA) is 89.8 Å². The Hall–Kier alpha value is -2.91. The minimum Gasteiger partial charge on any atom is -0.299 e. The van der Waals surface area contributed by atoms with Crippen LogP contribution in [-0.2, 0) is 11.2 Å². The van der Waals surface area contributed by atoms with Gasteiger partial charge in [-0.15, -0.1) is 21.5 Å². The quantitative estimate of drug-likeness (QED) is 0.383. The van der Waals surface area contributed by atoms with Crippen LogP contribution in [0.1, 0.15) is 49.4 Å². The lowest BCUT2D eigenvalue weighted by Crippen LogP contribution is -2.33. The molecule has 9 heteroatoms. The van der Waals surface area contributed by atoms with Crippen molar-refractivity contribution in [1.29, 1.82) is 0 Å². The highest BCUT2D eigenvalue weighted by molar-refractivity contribution is 7.17. The molecule has 33 heavy (non-hydrogen) atoms. The van der Waals surface area contributed by atoms with Gasteiger partial charge in [0.1, 0.15) is 15.9 Å². The fraction of sp³-hybridized carbons (Fsp3) is 0.375. The van der Waals surface area contributed by atoms with Crippen molar-refractivity contribution in [3.8, 4) is 11.1 Å². The molecule has 3 aromatic heterocycles. The Bertz CT molecular complexity index is 1370. The Kier molecular flexibility index (Phi) is 6.71. The van der Waals surface area contributed by atoms with E-state index in [0.29, 0.717) is 27.7 Å². The molecule has 4 aromatic rings. The molecule has 0 bridgehead atoms. The monoisotopic (exact) mass is 481 g/mol. The molecule has 1 atom stereocenters. The highest BCUT2D eigenvalue weighted by Gasteiger charge is 2.24. The summed E-state index contributed by atoms with van der Waals surface area (Å²) in [4.78, 5) is 31.8. The second-order valence-electron chi connectivity index (χ2n) is 8.62. The number of thiophene rings is 1. The van der Waals surface area contributed by atoms with Crippen LogP contribution in [0.5, 0.6) is 0 Å². The summed E-state index contributed by atoms with van der Waals surface area (Å²) >= 11 is 2.81. The Labute approximate surface area is 200 Å². The maximum atomic E-state index is 13.6.